The maximum Gasteiger partial charge on any atom is 0.243 e. The second kappa shape index (κ2) is 11.8. The third-order valence-corrected chi connectivity index (χ3v) is 8.25. The molecule has 0 radical (unpaired) electrons. The van der Waals surface area contributed by atoms with Crippen molar-refractivity contribution in [3.63, 3.8) is 0 Å². The Hall–Kier alpha value is -3.75. The summed E-state index contributed by atoms with van der Waals surface area (Å²) in [7, 11) is 2.07. The maximum absolute atomic E-state index is 13.7. The van der Waals surface area contributed by atoms with Crippen LogP contribution in [0.1, 0.15) is 44.3 Å². The average Bonchev–Trinajstić information content (AvgIpc) is 3.51. The van der Waals surface area contributed by atoms with Crippen LogP contribution in [-0.2, 0) is 21.8 Å². The molecule has 15 heteroatoms. The van der Waals surface area contributed by atoms with Crippen molar-refractivity contribution in [3.8, 4) is 28.6 Å². The molecule has 0 aliphatic rings. The molecule has 0 saturated heterocycles. The number of anilines is 1. The van der Waals surface area contributed by atoms with Crippen molar-refractivity contribution in [3.05, 3.63) is 53.3 Å². The molecule has 0 fully saturated rings. The first kappa shape index (κ1) is 29.2. The van der Waals surface area contributed by atoms with E-state index in [1.54, 1.807) is 33.6 Å². The highest BCUT2D eigenvalue weighted by Gasteiger charge is 2.35. The fraction of sp³-hybridized carbons (Fsp3) is 0.400. The number of rotatable bonds is 11. The van der Waals surface area contributed by atoms with Gasteiger partial charge in [0.2, 0.25) is 16.0 Å². The van der Waals surface area contributed by atoms with Crippen molar-refractivity contribution < 1.29 is 22.6 Å². The lowest BCUT2D eigenvalue weighted by Gasteiger charge is -2.23. The lowest BCUT2D eigenvalue weighted by atomic mass is 10.1. The Morgan fingerprint density at radius 3 is 2.15 bits per heavy atom. The zero-order valence-electron chi connectivity index (χ0n) is 23.2. The number of aryl methyl sites for hydroxylation is 1. The normalized spacial score (nSPS) is 13.3. The van der Waals surface area contributed by atoms with Crippen LogP contribution in [-0.4, -0.2) is 69.5 Å². The minimum absolute atomic E-state index is 0.0780. The van der Waals surface area contributed by atoms with Gasteiger partial charge in [-0.3, -0.25) is 14.0 Å². The summed E-state index contributed by atoms with van der Waals surface area (Å²) in [6.07, 6.45) is 3.41. The minimum Gasteiger partial charge on any atom is -0.494 e. The summed E-state index contributed by atoms with van der Waals surface area (Å²) in [5.74, 6) is 1.32. The smallest absolute Gasteiger partial charge is 0.243 e. The van der Waals surface area contributed by atoms with E-state index in [1.165, 1.54) is 40.6 Å². The van der Waals surface area contributed by atoms with Crippen molar-refractivity contribution in [2.45, 2.75) is 38.0 Å². The van der Waals surface area contributed by atoms with E-state index in [4.69, 9.17) is 25.8 Å². The number of hydrogen-bond acceptors (Lipinski definition) is 10. The van der Waals surface area contributed by atoms with Gasteiger partial charge in [-0.25, -0.2) is 18.4 Å². The standard InChI is InChI=1S/C25H31ClN8O5S/c1-14(2)20-17(13-29-33(20)4)24-30-31-25(34(24)21-18(37-5)9-8-10-19(21)38-6)32-40(35,36)15(3)22(39-7)23-27-11-16(26)12-28-23/h8-15,22H,1-7H3,(H,31,32)/t15-,22-/m0/s1. The number of para-hydroxylation sites is 1. The zero-order chi connectivity index (χ0) is 29.2. The number of halogens is 1. The van der Waals surface area contributed by atoms with Gasteiger partial charge in [-0.05, 0) is 25.0 Å². The van der Waals surface area contributed by atoms with Crippen LogP contribution in [0, 0.1) is 0 Å². The topological polar surface area (TPSA) is 148 Å². The van der Waals surface area contributed by atoms with Gasteiger partial charge in [0.1, 0.15) is 28.5 Å². The second-order valence-corrected chi connectivity index (χ2v) is 11.7. The molecule has 3 heterocycles. The molecule has 0 bridgehead atoms. The average molecular weight is 591 g/mol. The van der Waals surface area contributed by atoms with Gasteiger partial charge in [-0.1, -0.05) is 31.5 Å². The molecule has 4 rings (SSSR count). The van der Waals surface area contributed by atoms with Crippen molar-refractivity contribution in [1.82, 2.24) is 34.5 Å². The highest BCUT2D eigenvalue weighted by Crippen LogP contribution is 2.39. The van der Waals surface area contributed by atoms with Crippen molar-refractivity contribution in [2.75, 3.05) is 26.1 Å². The van der Waals surface area contributed by atoms with Gasteiger partial charge in [-0.2, -0.15) is 5.10 Å². The molecule has 0 amide bonds. The minimum atomic E-state index is -4.16. The van der Waals surface area contributed by atoms with Gasteiger partial charge < -0.3 is 14.2 Å². The zero-order valence-corrected chi connectivity index (χ0v) is 24.7. The number of nitrogens with zero attached hydrogens (tertiary/aromatic N) is 7. The van der Waals surface area contributed by atoms with E-state index in [0.717, 1.165) is 5.69 Å². The Kier molecular flexibility index (Phi) is 8.61. The number of methoxy groups -OCH3 is 3. The molecule has 0 spiro atoms. The Morgan fingerprint density at radius 2 is 1.60 bits per heavy atom. The van der Waals surface area contributed by atoms with Crippen molar-refractivity contribution in [2.24, 2.45) is 7.05 Å². The summed E-state index contributed by atoms with van der Waals surface area (Å²) in [4.78, 5) is 8.28. The Morgan fingerprint density at radius 1 is 0.975 bits per heavy atom. The van der Waals surface area contributed by atoms with Crippen LogP contribution >= 0.6 is 11.6 Å². The molecule has 0 saturated carbocycles. The van der Waals surface area contributed by atoms with Crippen molar-refractivity contribution >= 4 is 27.6 Å². The van der Waals surface area contributed by atoms with Crippen LogP contribution in [0.2, 0.25) is 5.02 Å². The van der Waals surface area contributed by atoms with E-state index in [-0.39, 0.29) is 17.7 Å². The number of benzene rings is 1. The SMILES string of the molecule is COc1cccc(OC)c1-n1c(NS(=O)(=O)[C@@H](C)[C@H](OC)c2ncc(Cl)cn2)nnc1-c1cnn(C)c1C(C)C. The molecule has 4 aromatic rings. The number of aromatic nitrogens is 7. The molecular formula is C25H31ClN8O5S. The largest absolute Gasteiger partial charge is 0.494 e. The number of sulfonamides is 1. The van der Waals surface area contributed by atoms with E-state index >= 15 is 0 Å². The molecule has 214 valence electrons. The second-order valence-electron chi connectivity index (χ2n) is 9.18. The summed E-state index contributed by atoms with van der Waals surface area (Å²) < 4.78 is 50.1. The maximum atomic E-state index is 13.7. The molecule has 2 atom stereocenters. The van der Waals surface area contributed by atoms with Gasteiger partial charge in [0.05, 0.1) is 36.7 Å². The van der Waals surface area contributed by atoms with Crippen LogP contribution in [0.5, 0.6) is 11.5 Å². The first-order valence-electron chi connectivity index (χ1n) is 12.2. The predicted molar refractivity (Wildman–Crippen MR) is 150 cm³/mol. The van der Waals surface area contributed by atoms with Gasteiger partial charge in [0, 0.05) is 26.6 Å². The summed E-state index contributed by atoms with van der Waals surface area (Å²) in [6.45, 7) is 5.54. The van der Waals surface area contributed by atoms with Crippen LogP contribution < -0.4 is 14.2 Å². The van der Waals surface area contributed by atoms with Gasteiger partial charge >= 0.3 is 0 Å². The van der Waals surface area contributed by atoms with Crippen LogP contribution in [0.3, 0.4) is 0 Å². The number of nitrogens with one attached hydrogen (secondary N) is 1. The quantitative estimate of drug-likeness (QED) is 0.273. The molecule has 3 aromatic heterocycles. The highest BCUT2D eigenvalue weighted by atomic mass is 35.5. The lowest BCUT2D eigenvalue weighted by Crippen LogP contribution is -2.33. The van der Waals surface area contributed by atoms with Crippen LogP contribution in [0.15, 0.2) is 36.8 Å². The first-order valence-corrected chi connectivity index (χ1v) is 14.2. The third-order valence-electron chi connectivity index (χ3n) is 6.36. The Bertz CT molecular complexity index is 1560. The molecule has 0 aliphatic heterocycles. The lowest BCUT2D eigenvalue weighted by molar-refractivity contribution is 0.0950. The molecule has 13 nitrogen and oxygen atoms in total. The monoisotopic (exact) mass is 590 g/mol. The molecule has 40 heavy (non-hydrogen) atoms. The van der Waals surface area contributed by atoms with Crippen LogP contribution in [0.25, 0.3) is 17.1 Å². The van der Waals surface area contributed by atoms with Gasteiger partial charge in [0.15, 0.2) is 11.6 Å². The summed E-state index contributed by atoms with van der Waals surface area (Å²) in [5, 5.41) is 12.2. The molecule has 0 unspecified atom stereocenters. The molecular weight excluding hydrogens is 560 g/mol. The third kappa shape index (κ3) is 5.46. The first-order chi connectivity index (χ1) is 19.0. The summed E-state index contributed by atoms with van der Waals surface area (Å²) >= 11 is 5.91. The van der Waals surface area contributed by atoms with Crippen molar-refractivity contribution in [1.29, 1.82) is 0 Å². The van der Waals surface area contributed by atoms with Crippen LogP contribution in [0.4, 0.5) is 5.95 Å². The van der Waals surface area contributed by atoms with E-state index in [0.29, 0.717) is 33.6 Å². The molecule has 1 N–H and O–H groups in total. The van der Waals surface area contributed by atoms with E-state index in [9.17, 15) is 8.42 Å². The Labute approximate surface area is 237 Å². The van der Waals surface area contributed by atoms with Gasteiger partial charge in [-0.15, -0.1) is 10.2 Å². The fourth-order valence-corrected chi connectivity index (χ4v) is 5.68. The predicted octanol–water partition coefficient (Wildman–Crippen LogP) is 3.77. The summed E-state index contributed by atoms with van der Waals surface area (Å²) in [6, 6.07) is 5.22. The number of ether oxygens (including phenoxy) is 3. The van der Waals surface area contributed by atoms with Gasteiger partial charge in [0.25, 0.3) is 0 Å². The van der Waals surface area contributed by atoms with E-state index < -0.39 is 21.4 Å². The highest BCUT2D eigenvalue weighted by molar-refractivity contribution is 7.93. The molecule has 0 aliphatic carbocycles. The fourth-order valence-electron chi connectivity index (χ4n) is 4.45. The summed E-state index contributed by atoms with van der Waals surface area (Å²) in [5.41, 5.74) is 1.95. The Balaban J connectivity index is 1.89. The van der Waals surface area contributed by atoms with E-state index in [2.05, 4.69) is 30.0 Å². The molecule has 1 aromatic carbocycles. The van der Waals surface area contributed by atoms with E-state index in [1.807, 2.05) is 20.9 Å². The number of hydrogen-bond donors (Lipinski definition) is 1.